The van der Waals surface area contributed by atoms with Crippen molar-refractivity contribution in [3.8, 4) is 0 Å². The van der Waals surface area contributed by atoms with Crippen molar-refractivity contribution in [1.82, 2.24) is 0 Å². The number of aliphatic hydroxyl groups is 1. The molecular formula is C24H34O4Si. The Bertz CT molecular complexity index is 701. The van der Waals surface area contributed by atoms with Crippen LogP contribution in [0.2, 0.25) is 5.04 Å². The fourth-order valence-corrected chi connectivity index (χ4v) is 8.42. The molecule has 2 aromatic carbocycles. The minimum Gasteiger partial charge on any atom is -0.469 e. The first kappa shape index (κ1) is 23.3. The molecule has 0 spiro atoms. The normalized spacial score (nSPS) is 13.1. The van der Waals surface area contributed by atoms with Crippen LogP contribution in [0.25, 0.3) is 0 Å². The van der Waals surface area contributed by atoms with E-state index in [1.807, 2.05) is 12.1 Å². The zero-order valence-electron chi connectivity index (χ0n) is 18.1. The SMILES string of the molecule is COC(=O)CCCC[C@@H](O)CO[Si](c1ccccc1)(c1ccccc1)C(C)(C)C. The van der Waals surface area contributed by atoms with Gasteiger partial charge in [0.25, 0.3) is 8.32 Å². The van der Waals surface area contributed by atoms with Crippen LogP contribution in [-0.2, 0) is 14.0 Å². The number of ether oxygens (including phenoxy) is 1. The summed E-state index contributed by atoms with van der Waals surface area (Å²) in [6.07, 6.45) is 1.91. The number of benzene rings is 2. The van der Waals surface area contributed by atoms with Crippen molar-refractivity contribution in [1.29, 1.82) is 0 Å². The van der Waals surface area contributed by atoms with Crippen LogP contribution in [0.1, 0.15) is 46.5 Å². The number of carbonyl (C=O) groups excluding carboxylic acids is 1. The van der Waals surface area contributed by atoms with Gasteiger partial charge in [0, 0.05) is 6.42 Å². The predicted molar refractivity (Wildman–Crippen MR) is 120 cm³/mol. The second-order valence-corrected chi connectivity index (χ2v) is 12.8. The van der Waals surface area contributed by atoms with Gasteiger partial charge in [-0.15, -0.1) is 0 Å². The molecule has 2 rings (SSSR count). The lowest BCUT2D eigenvalue weighted by molar-refractivity contribution is -0.140. The van der Waals surface area contributed by atoms with Crippen LogP contribution < -0.4 is 10.4 Å². The fraction of sp³-hybridized carbons (Fsp3) is 0.458. The monoisotopic (exact) mass is 414 g/mol. The number of rotatable bonds is 10. The fourth-order valence-electron chi connectivity index (χ4n) is 3.82. The summed E-state index contributed by atoms with van der Waals surface area (Å²) >= 11 is 0. The topological polar surface area (TPSA) is 55.8 Å². The molecule has 0 radical (unpaired) electrons. The van der Waals surface area contributed by atoms with E-state index in [1.54, 1.807) is 0 Å². The molecule has 1 atom stereocenters. The van der Waals surface area contributed by atoms with E-state index < -0.39 is 14.4 Å². The summed E-state index contributed by atoms with van der Waals surface area (Å²) in [5, 5.41) is 12.9. The molecule has 0 aliphatic rings. The van der Waals surface area contributed by atoms with Crippen molar-refractivity contribution in [3.05, 3.63) is 60.7 Å². The molecule has 0 saturated carbocycles. The Morgan fingerprint density at radius 2 is 1.48 bits per heavy atom. The van der Waals surface area contributed by atoms with Crippen LogP contribution in [-0.4, -0.2) is 39.2 Å². The molecule has 0 aromatic heterocycles. The van der Waals surface area contributed by atoms with Crippen LogP contribution in [0.3, 0.4) is 0 Å². The number of methoxy groups -OCH3 is 1. The lowest BCUT2D eigenvalue weighted by Crippen LogP contribution is -2.67. The number of aliphatic hydroxyl groups excluding tert-OH is 1. The first-order valence-corrected chi connectivity index (χ1v) is 12.2. The van der Waals surface area contributed by atoms with Gasteiger partial charge in [0.05, 0.1) is 19.8 Å². The highest BCUT2D eigenvalue weighted by molar-refractivity contribution is 6.99. The van der Waals surface area contributed by atoms with Crippen LogP contribution in [0.15, 0.2) is 60.7 Å². The molecule has 0 bridgehead atoms. The average molecular weight is 415 g/mol. The Morgan fingerprint density at radius 1 is 0.966 bits per heavy atom. The smallest absolute Gasteiger partial charge is 0.305 e. The molecule has 0 unspecified atom stereocenters. The summed E-state index contributed by atoms with van der Waals surface area (Å²) in [4.78, 5) is 11.2. The van der Waals surface area contributed by atoms with E-state index in [1.165, 1.54) is 17.5 Å². The number of esters is 1. The molecule has 4 nitrogen and oxygen atoms in total. The van der Waals surface area contributed by atoms with Crippen LogP contribution >= 0.6 is 0 Å². The van der Waals surface area contributed by atoms with E-state index >= 15 is 0 Å². The molecule has 0 amide bonds. The van der Waals surface area contributed by atoms with Gasteiger partial charge in [-0.1, -0.05) is 87.9 Å². The molecular weight excluding hydrogens is 380 g/mol. The molecule has 0 aliphatic heterocycles. The Kier molecular flexibility index (Phi) is 8.62. The third-order valence-corrected chi connectivity index (χ3v) is 10.3. The number of carbonyl (C=O) groups is 1. The minimum atomic E-state index is -2.62. The molecule has 1 N–H and O–H groups in total. The Balaban J connectivity index is 2.20. The molecule has 5 heteroatoms. The molecule has 158 valence electrons. The second-order valence-electron chi connectivity index (χ2n) is 8.45. The lowest BCUT2D eigenvalue weighted by atomic mass is 10.1. The van der Waals surface area contributed by atoms with Crippen molar-refractivity contribution in [3.63, 3.8) is 0 Å². The van der Waals surface area contributed by atoms with Gasteiger partial charge >= 0.3 is 5.97 Å². The van der Waals surface area contributed by atoms with Gasteiger partial charge in [-0.25, -0.2) is 0 Å². The third-order valence-electron chi connectivity index (χ3n) is 5.30. The van der Waals surface area contributed by atoms with E-state index in [-0.39, 0.29) is 17.6 Å². The number of hydrogen-bond donors (Lipinski definition) is 1. The largest absolute Gasteiger partial charge is 0.469 e. The van der Waals surface area contributed by atoms with Crippen molar-refractivity contribution >= 4 is 24.7 Å². The number of hydrogen-bond acceptors (Lipinski definition) is 4. The molecule has 0 fully saturated rings. The van der Waals surface area contributed by atoms with Gasteiger partial charge in [0.1, 0.15) is 0 Å². The lowest BCUT2D eigenvalue weighted by Gasteiger charge is -2.43. The molecule has 0 aliphatic carbocycles. The standard InChI is InChI=1S/C24H34O4Si/c1-24(2,3)29(21-14-7-5-8-15-21,22-16-9-6-10-17-22)28-19-20(25)13-11-12-18-23(26)27-4/h5-10,14-17,20,25H,11-13,18-19H2,1-4H3/t20-/m1/s1. The quantitative estimate of drug-likeness (QED) is 0.366. The van der Waals surface area contributed by atoms with E-state index in [9.17, 15) is 9.90 Å². The molecule has 2 aromatic rings. The third kappa shape index (κ3) is 6.01. The maximum Gasteiger partial charge on any atom is 0.305 e. The van der Waals surface area contributed by atoms with Crippen LogP contribution in [0, 0.1) is 0 Å². The van der Waals surface area contributed by atoms with Gasteiger partial charge in [-0.05, 0) is 28.3 Å². The van der Waals surface area contributed by atoms with Gasteiger partial charge in [-0.3, -0.25) is 4.79 Å². The molecule has 0 saturated heterocycles. The van der Waals surface area contributed by atoms with Gasteiger partial charge in [-0.2, -0.15) is 0 Å². The zero-order chi connectivity index (χ0) is 21.3. The van der Waals surface area contributed by atoms with Gasteiger partial charge < -0.3 is 14.3 Å². The Morgan fingerprint density at radius 3 is 1.93 bits per heavy atom. The summed E-state index contributed by atoms with van der Waals surface area (Å²) in [5.41, 5.74) is 0. The maximum atomic E-state index is 11.2. The zero-order valence-corrected chi connectivity index (χ0v) is 19.1. The first-order chi connectivity index (χ1) is 13.8. The van der Waals surface area contributed by atoms with Gasteiger partial charge in [0.15, 0.2) is 0 Å². The second kappa shape index (κ2) is 10.7. The summed E-state index contributed by atoms with van der Waals surface area (Å²) in [5.74, 6) is -0.206. The maximum absolute atomic E-state index is 11.2. The first-order valence-electron chi connectivity index (χ1n) is 10.3. The van der Waals surface area contributed by atoms with Crippen molar-refractivity contribution in [2.45, 2.75) is 57.6 Å². The van der Waals surface area contributed by atoms with Crippen molar-refractivity contribution in [2.24, 2.45) is 0 Å². The minimum absolute atomic E-state index is 0.111. The van der Waals surface area contributed by atoms with E-state index in [0.29, 0.717) is 19.3 Å². The highest BCUT2D eigenvalue weighted by atomic mass is 28.4. The average Bonchev–Trinajstić information content (AvgIpc) is 2.72. The summed E-state index contributed by atoms with van der Waals surface area (Å²) < 4.78 is 11.4. The number of unbranched alkanes of at least 4 members (excludes halogenated alkanes) is 1. The highest BCUT2D eigenvalue weighted by Gasteiger charge is 2.50. The summed E-state index contributed by atoms with van der Waals surface area (Å²) in [7, 11) is -1.22. The van der Waals surface area contributed by atoms with E-state index in [2.05, 4.69) is 74.0 Å². The van der Waals surface area contributed by atoms with Crippen LogP contribution in [0.4, 0.5) is 0 Å². The Hall–Kier alpha value is -1.95. The van der Waals surface area contributed by atoms with Gasteiger partial charge in [0.2, 0.25) is 0 Å². The molecule has 0 heterocycles. The highest BCUT2D eigenvalue weighted by Crippen LogP contribution is 2.36. The summed E-state index contributed by atoms with van der Waals surface area (Å²) in [6, 6.07) is 20.8. The van der Waals surface area contributed by atoms with Crippen molar-refractivity contribution < 1.29 is 19.1 Å². The molecule has 29 heavy (non-hydrogen) atoms. The van der Waals surface area contributed by atoms with E-state index in [4.69, 9.17) is 4.43 Å². The van der Waals surface area contributed by atoms with E-state index in [0.717, 1.165) is 6.42 Å². The summed E-state index contributed by atoms with van der Waals surface area (Å²) in [6.45, 7) is 6.96. The predicted octanol–water partition coefficient (Wildman–Crippen LogP) is 3.66. The van der Waals surface area contributed by atoms with Crippen LogP contribution in [0.5, 0.6) is 0 Å². The Labute approximate surface area is 176 Å². The van der Waals surface area contributed by atoms with Crippen molar-refractivity contribution in [2.75, 3.05) is 13.7 Å².